The molecule has 2 rings (SSSR count). The molecule has 1 aliphatic heterocycles. The second kappa shape index (κ2) is 6.72. The topological polar surface area (TPSA) is 40.5 Å². The first-order chi connectivity index (χ1) is 10.1. The number of amides is 1. The molecule has 112 valence electrons. The predicted molar refractivity (Wildman–Crippen MR) is 84.6 cm³/mol. The average molecular weight is 285 g/mol. The molecule has 0 unspecified atom stereocenters. The van der Waals surface area contributed by atoms with Crippen LogP contribution in [0.15, 0.2) is 55.6 Å². The molecule has 21 heavy (non-hydrogen) atoms. The third kappa shape index (κ3) is 3.42. The van der Waals surface area contributed by atoms with Crippen molar-refractivity contribution in [2.45, 2.75) is 43.9 Å². The van der Waals surface area contributed by atoms with Gasteiger partial charge in [0.25, 0.3) is 0 Å². The summed E-state index contributed by atoms with van der Waals surface area (Å²) in [6.45, 7) is 8.00. The van der Waals surface area contributed by atoms with E-state index in [1.165, 1.54) is 0 Å². The number of carbonyl (C=O) groups is 1. The van der Waals surface area contributed by atoms with Gasteiger partial charge in [-0.2, -0.15) is 0 Å². The average Bonchev–Trinajstić information content (AvgIpc) is 2.83. The Morgan fingerprint density at radius 1 is 1.24 bits per heavy atom. The van der Waals surface area contributed by atoms with Crippen molar-refractivity contribution >= 4 is 5.91 Å². The quantitative estimate of drug-likeness (QED) is 0.782. The van der Waals surface area contributed by atoms with Crippen LogP contribution in [0.1, 0.15) is 31.2 Å². The van der Waals surface area contributed by atoms with Crippen molar-refractivity contribution in [1.82, 2.24) is 4.90 Å². The lowest BCUT2D eigenvalue weighted by Crippen LogP contribution is -2.50. The Bertz CT molecular complexity index is 499. The van der Waals surface area contributed by atoms with E-state index in [0.717, 1.165) is 5.56 Å². The SMILES string of the molecule is C=CCC(O)(CC=C)[C@@H]1CCC(=O)N1Cc1ccccc1. The zero-order valence-corrected chi connectivity index (χ0v) is 12.4. The van der Waals surface area contributed by atoms with Crippen molar-refractivity contribution in [3.63, 3.8) is 0 Å². The molecule has 0 spiro atoms. The molecule has 1 saturated heterocycles. The molecule has 1 heterocycles. The van der Waals surface area contributed by atoms with E-state index >= 15 is 0 Å². The Labute approximate surface area is 126 Å². The molecular weight excluding hydrogens is 262 g/mol. The third-order valence-electron chi connectivity index (χ3n) is 4.14. The molecule has 1 aromatic carbocycles. The van der Waals surface area contributed by atoms with Crippen molar-refractivity contribution < 1.29 is 9.90 Å². The van der Waals surface area contributed by atoms with Crippen LogP contribution >= 0.6 is 0 Å². The number of likely N-dealkylation sites (tertiary alicyclic amines) is 1. The third-order valence-corrected chi connectivity index (χ3v) is 4.14. The van der Waals surface area contributed by atoms with Gasteiger partial charge in [-0.3, -0.25) is 4.79 Å². The molecule has 1 N–H and O–H groups in total. The fourth-order valence-corrected chi connectivity index (χ4v) is 3.13. The summed E-state index contributed by atoms with van der Waals surface area (Å²) in [5.41, 5.74) is 0.113. The van der Waals surface area contributed by atoms with Crippen LogP contribution in [-0.4, -0.2) is 27.6 Å². The van der Waals surface area contributed by atoms with Crippen molar-refractivity contribution in [3.8, 4) is 0 Å². The maximum absolute atomic E-state index is 12.2. The maximum Gasteiger partial charge on any atom is 0.223 e. The van der Waals surface area contributed by atoms with Gasteiger partial charge in [-0.15, -0.1) is 13.2 Å². The fraction of sp³-hybridized carbons (Fsp3) is 0.389. The molecule has 0 bridgehead atoms. The Morgan fingerprint density at radius 3 is 2.43 bits per heavy atom. The number of hydrogen-bond acceptors (Lipinski definition) is 2. The number of aliphatic hydroxyl groups is 1. The zero-order valence-electron chi connectivity index (χ0n) is 12.4. The van der Waals surface area contributed by atoms with Gasteiger partial charge in [-0.1, -0.05) is 42.5 Å². The van der Waals surface area contributed by atoms with Crippen LogP contribution < -0.4 is 0 Å². The summed E-state index contributed by atoms with van der Waals surface area (Å²) < 4.78 is 0. The smallest absolute Gasteiger partial charge is 0.223 e. The second-order valence-electron chi connectivity index (χ2n) is 5.65. The molecule has 0 aliphatic carbocycles. The molecule has 3 heteroatoms. The monoisotopic (exact) mass is 285 g/mol. The summed E-state index contributed by atoms with van der Waals surface area (Å²) >= 11 is 0. The molecule has 0 aromatic heterocycles. The van der Waals surface area contributed by atoms with Gasteiger partial charge in [0.05, 0.1) is 11.6 Å². The van der Waals surface area contributed by atoms with Crippen molar-refractivity contribution in [1.29, 1.82) is 0 Å². The molecule has 1 atom stereocenters. The fourth-order valence-electron chi connectivity index (χ4n) is 3.13. The van der Waals surface area contributed by atoms with Crippen LogP contribution in [-0.2, 0) is 11.3 Å². The molecule has 0 saturated carbocycles. The van der Waals surface area contributed by atoms with Crippen LogP contribution in [0.3, 0.4) is 0 Å². The number of nitrogens with zero attached hydrogens (tertiary/aromatic N) is 1. The van der Waals surface area contributed by atoms with E-state index in [2.05, 4.69) is 13.2 Å². The first-order valence-corrected chi connectivity index (χ1v) is 7.38. The molecule has 1 aliphatic rings. The van der Waals surface area contributed by atoms with Crippen LogP contribution in [0.5, 0.6) is 0 Å². The van der Waals surface area contributed by atoms with Gasteiger partial charge in [-0.25, -0.2) is 0 Å². The van der Waals surface area contributed by atoms with E-state index in [4.69, 9.17) is 0 Å². The molecule has 1 amide bonds. The minimum Gasteiger partial charge on any atom is -0.387 e. The number of carbonyl (C=O) groups excluding carboxylic acids is 1. The Morgan fingerprint density at radius 2 is 1.86 bits per heavy atom. The van der Waals surface area contributed by atoms with Crippen molar-refractivity contribution in [2.24, 2.45) is 0 Å². The van der Waals surface area contributed by atoms with Crippen LogP contribution in [0.2, 0.25) is 0 Å². The summed E-state index contributed by atoms with van der Waals surface area (Å²) in [6, 6.07) is 9.71. The Kier molecular flexibility index (Phi) is 4.97. The van der Waals surface area contributed by atoms with Gasteiger partial charge in [0.15, 0.2) is 0 Å². The predicted octanol–water partition coefficient (Wildman–Crippen LogP) is 3.06. The molecule has 0 radical (unpaired) electrons. The van der Waals surface area contributed by atoms with Gasteiger partial charge in [0, 0.05) is 13.0 Å². The van der Waals surface area contributed by atoms with E-state index in [0.29, 0.717) is 32.2 Å². The van der Waals surface area contributed by atoms with Crippen LogP contribution in [0, 0.1) is 0 Å². The van der Waals surface area contributed by atoms with Gasteiger partial charge in [-0.05, 0) is 24.8 Å². The van der Waals surface area contributed by atoms with E-state index < -0.39 is 5.60 Å². The Balaban J connectivity index is 2.22. The first kappa shape index (κ1) is 15.5. The first-order valence-electron chi connectivity index (χ1n) is 7.38. The van der Waals surface area contributed by atoms with Crippen molar-refractivity contribution in [3.05, 3.63) is 61.2 Å². The normalized spacial score (nSPS) is 18.8. The minimum atomic E-state index is -0.968. The zero-order chi connectivity index (χ0) is 15.3. The van der Waals surface area contributed by atoms with E-state index in [1.54, 1.807) is 12.2 Å². The summed E-state index contributed by atoms with van der Waals surface area (Å²) in [4.78, 5) is 14.0. The van der Waals surface area contributed by atoms with Gasteiger partial charge in [0.1, 0.15) is 0 Å². The van der Waals surface area contributed by atoms with E-state index in [9.17, 15) is 9.90 Å². The second-order valence-corrected chi connectivity index (χ2v) is 5.65. The summed E-state index contributed by atoms with van der Waals surface area (Å²) in [6.07, 6.45) is 5.53. The molecular formula is C18H23NO2. The summed E-state index contributed by atoms with van der Waals surface area (Å²) in [5.74, 6) is 0.107. The highest BCUT2D eigenvalue weighted by molar-refractivity contribution is 5.79. The van der Waals surface area contributed by atoms with Gasteiger partial charge < -0.3 is 10.0 Å². The molecule has 1 fully saturated rings. The van der Waals surface area contributed by atoms with E-state index in [1.807, 2.05) is 35.2 Å². The van der Waals surface area contributed by atoms with Crippen LogP contribution in [0.4, 0.5) is 0 Å². The van der Waals surface area contributed by atoms with Crippen molar-refractivity contribution in [2.75, 3.05) is 0 Å². The summed E-state index contributed by atoms with van der Waals surface area (Å²) in [5, 5.41) is 10.9. The highest BCUT2D eigenvalue weighted by atomic mass is 16.3. The lowest BCUT2D eigenvalue weighted by atomic mass is 9.85. The number of hydrogen-bond donors (Lipinski definition) is 1. The molecule has 3 nitrogen and oxygen atoms in total. The lowest BCUT2D eigenvalue weighted by molar-refractivity contribution is -0.134. The molecule has 1 aromatic rings. The lowest BCUT2D eigenvalue weighted by Gasteiger charge is -2.38. The standard InChI is InChI=1S/C18H23NO2/c1-3-12-18(21,13-4-2)16-10-11-17(20)19(16)14-15-8-6-5-7-9-15/h3-9,16,21H,1-2,10-14H2/t16-/m0/s1. The Hall–Kier alpha value is -1.87. The number of rotatable bonds is 7. The van der Waals surface area contributed by atoms with E-state index in [-0.39, 0.29) is 11.9 Å². The highest BCUT2D eigenvalue weighted by Crippen LogP contribution is 2.34. The maximum atomic E-state index is 12.2. The highest BCUT2D eigenvalue weighted by Gasteiger charge is 2.44. The minimum absolute atomic E-state index is 0.107. The van der Waals surface area contributed by atoms with Crippen LogP contribution in [0.25, 0.3) is 0 Å². The van der Waals surface area contributed by atoms with Gasteiger partial charge >= 0.3 is 0 Å². The van der Waals surface area contributed by atoms with Gasteiger partial charge in [0.2, 0.25) is 5.91 Å². The number of benzene rings is 1. The largest absolute Gasteiger partial charge is 0.387 e. The summed E-state index contributed by atoms with van der Waals surface area (Å²) in [7, 11) is 0.